The number of hydrogen-bond donors (Lipinski definition) is 2. The molecule has 0 fully saturated rings. The van der Waals surface area contributed by atoms with Crippen LogP contribution in [0.4, 0.5) is 10.1 Å². The molecule has 2 aliphatic heterocycles. The first-order valence-corrected chi connectivity index (χ1v) is 12.8. The molecule has 0 saturated heterocycles. The number of halogens is 1. The van der Waals surface area contributed by atoms with Crippen molar-refractivity contribution in [2.45, 2.75) is 32.9 Å². The minimum atomic E-state index is -1.21. The number of hydrogen-bond acceptors (Lipinski definition) is 3. The zero-order valence-electron chi connectivity index (χ0n) is 21.8. The van der Waals surface area contributed by atoms with Crippen molar-refractivity contribution in [2.75, 3.05) is 39.0 Å². The van der Waals surface area contributed by atoms with Crippen LogP contribution in [0.1, 0.15) is 51.8 Å². The lowest BCUT2D eigenvalue weighted by Gasteiger charge is -2.23. The third kappa shape index (κ3) is 4.71. The largest absolute Gasteiger partial charge is 0.358 e. The number of aromatic amines is 1. The van der Waals surface area contributed by atoms with Crippen molar-refractivity contribution in [3.05, 3.63) is 81.7 Å². The van der Waals surface area contributed by atoms with Gasteiger partial charge in [-0.05, 0) is 87.4 Å². The molecule has 0 bridgehead atoms. The van der Waals surface area contributed by atoms with Crippen LogP contribution in [0.3, 0.4) is 0 Å². The zero-order chi connectivity index (χ0) is 26.3. The summed E-state index contributed by atoms with van der Waals surface area (Å²) in [6.07, 6.45) is 9.00. The monoisotopic (exact) mass is 500 g/mol. The number of amides is 2. The van der Waals surface area contributed by atoms with Crippen LogP contribution in [0.25, 0.3) is 17.2 Å². The summed E-state index contributed by atoms with van der Waals surface area (Å²) >= 11 is 0. The second kappa shape index (κ2) is 9.98. The van der Waals surface area contributed by atoms with Crippen molar-refractivity contribution < 1.29 is 14.0 Å². The number of allylic oxidation sites excluding steroid dienone is 6. The van der Waals surface area contributed by atoms with Crippen LogP contribution in [0.15, 0.2) is 48.1 Å². The second-order valence-corrected chi connectivity index (χ2v) is 10.2. The summed E-state index contributed by atoms with van der Waals surface area (Å²) in [6.45, 7) is 6.10. The van der Waals surface area contributed by atoms with Gasteiger partial charge in [-0.1, -0.05) is 24.3 Å². The van der Waals surface area contributed by atoms with Crippen LogP contribution in [-0.4, -0.2) is 66.5 Å². The molecule has 0 spiro atoms. The van der Waals surface area contributed by atoms with Crippen LogP contribution in [0.2, 0.25) is 0 Å². The van der Waals surface area contributed by atoms with Gasteiger partial charge in [-0.25, -0.2) is 4.39 Å². The van der Waals surface area contributed by atoms with Crippen LogP contribution < -0.4 is 5.32 Å². The van der Waals surface area contributed by atoms with Crippen molar-refractivity contribution >= 4 is 34.7 Å². The molecule has 0 saturated carbocycles. The summed E-state index contributed by atoms with van der Waals surface area (Å²) in [4.78, 5) is 34.1. The number of rotatable bonds is 5. The Morgan fingerprint density at radius 3 is 2.78 bits per heavy atom. The highest BCUT2D eigenvalue weighted by Gasteiger charge is 2.31. The molecule has 2 N–H and O–H groups in total. The summed E-state index contributed by atoms with van der Waals surface area (Å²) in [7, 11) is 4.01. The Labute approximate surface area is 217 Å². The number of H-pyrrole nitrogens is 1. The van der Waals surface area contributed by atoms with Crippen molar-refractivity contribution in [1.82, 2.24) is 14.8 Å². The second-order valence-electron chi connectivity index (χ2n) is 10.2. The van der Waals surface area contributed by atoms with E-state index in [1.54, 1.807) is 12.2 Å². The standard InChI is InChI=1S/C30H33FN4O2/c1-18-8-5-9-20(31)16-22(18)21-10-6-11-25-28(21)23(29(36)33-25)17-26-19(2)27-24(32-26)12-7-13-35(30(27)37)15-14-34(3)4/h5-6,8-11,16-17,20,32H,7,12-15H2,1-4H3,(H,33,36)/b23-17-. The number of likely N-dealkylation sites (N-methyl/N-ethyl adjacent to an activating group) is 1. The van der Waals surface area contributed by atoms with Gasteiger partial charge in [0.1, 0.15) is 6.17 Å². The highest BCUT2D eigenvalue weighted by atomic mass is 19.1. The van der Waals surface area contributed by atoms with Gasteiger partial charge in [0.2, 0.25) is 0 Å². The number of aryl methyl sites for hydroxylation is 1. The van der Waals surface area contributed by atoms with E-state index in [0.717, 1.165) is 65.2 Å². The van der Waals surface area contributed by atoms with Gasteiger partial charge in [0.15, 0.2) is 0 Å². The Morgan fingerprint density at radius 1 is 1.19 bits per heavy atom. The van der Waals surface area contributed by atoms with Crippen molar-refractivity contribution in [3.63, 3.8) is 0 Å². The molecule has 2 aromatic rings. The van der Waals surface area contributed by atoms with Gasteiger partial charge in [0, 0.05) is 42.3 Å². The number of benzene rings is 1. The molecule has 37 heavy (non-hydrogen) atoms. The number of carbonyl (C=O) groups is 2. The highest BCUT2D eigenvalue weighted by molar-refractivity contribution is 6.36. The van der Waals surface area contributed by atoms with E-state index in [9.17, 15) is 14.0 Å². The molecule has 2 amide bonds. The summed E-state index contributed by atoms with van der Waals surface area (Å²) in [6, 6.07) is 5.67. The highest BCUT2D eigenvalue weighted by Crippen LogP contribution is 2.41. The Bertz CT molecular complexity index is 1390. The number of carbonyl (C=O) groups excluding carboxylic acids is 2. The first kappa shape index (κ1) is 25.0. The molecular weight excluding hydrogens is 467 g/mol. The van der Waals surface area contributed by atoms with Crippen molar-refractivity contribution in [3.8, 4) is 0 Å². The number of aromatic nitrogens is 1. The molecule has 1 aromatic heterocycles. The molecule has 1 aromatic carbocycles. The average Bonchev–Trinajstić information content (AvgIpc) is 3.20. The minimum Gasteiger partial charge on any atom is -0.358 e. The van der Waals surface area contributed by atoms with E-state index in [4.69, 9.17) is 0 Å². The molecule has 5 rings (SSSR count). The van der Waals surface area contributed by atoms with E-state index >= 15 is 0 Å². The summed E-state index contributed by atoms with van der Waals surface area (Å²) in [5, 5.41) is 2.97. The Morgan fingerprint density at radius 2 is 2.00 bits per heavy atom. The Hall–Kier alpha value is -3.71. The van der Waals surface area contributed by atoms with Crippen molar-refractivity contribution in [1.29, 1.82) is 0 Å². The Balaban J connectivity index is 1.57. The number of fused-ring (bicyclic) bond motifs is 2. The molecule has 1 unspecified atom stereocenters. The molecule has 1 atom stereocenters. The van der Waals surface area contributed by atoms with Gasteiger partial charge >= 0.3 is 0 Å². The maximum atomic E-state index is 14.5. The predicted octanol–water partition coefficient (Wildman–Crippen LogP) is 5.00. The number of nitrogens with zero attached hydrogens (tertiary/aromatic N) is 2. The van der Waals surface area contributed by atoms with E-state index in [0.29, 0.717) is 23.4 Å². The molecule has 7 heteroatoms. The van der Waals surface area contributed by atoms with Gasteiger partial charge in [0.05, 0.1) is 11.1 Å². The van der Waals surface area contributed by atoms with Gasteiger partial charge in [-0.15, -0.1) is 0 Å². The minimum absolute atomic E-state index is 0.0376. The van der Waals surface area contributed by atoms with E-state index in [1.165, 1.54) is 6.08 Å². The Kier molecular flexibility index (Phi) is 6.73. The fraction of sp³-hybridized carbons (Fsp3) is 0.333. The molecule has 0 radical (unpaired) electrons. The van der Waals surface area contributed by atoms with Crippen LogP contribution >= 0.6 is 0 Å². The van der Waals surface area contributed by atoms with E-state index in [-0.39, 0.29) is 11.8 Å². The third-order valence-electron chi connectivity index (χ3n) is 7.34. The lowest BCUT2D eigenvalue weighted by atomic mass is 9.90. The van der Waals surface area contributed by atoms with Gasteiger partial charge in [-0.2, -0.15) is 0 Å². The zero-order valence-corrected chi connectivity index (χ0v) is 21.8. The molecule has 3 heterocycles. The molecular formula is C30H33FN4O2. The third-order valence-corrected chi connectivity index (χ3v) is 7.34. The summed E-state index contributed by atoms with van der Waals surface area (Å²) in [5.74, 6) is -0.174. The fourth-order valence-electron chi connectivity index (χ4n) is 5.34. The molecule has 1 aliphatic carbocycles. The normalized spacial score (nSPS) is 20.4. The molecule has 192 valence electrons. The first-order valence-electron chi connectivity index (χ1n) is 12.8. The molecule has 6 nitrogen and oxygen atoms in total. The number of alkyl halides is 1. The lowest BCUT2D eigenvalue weighted by molar-refractivity contribution is -0.110. The summed E-state index contributed by atoms with van der Waals surface area (Å²) < 4.78 is 14.5. The average molecular weight is 501 g/mol. The van der Waals surface area contributed by atoms with Crippen LogP contribution in [0, 0.1) is 6.92 Å². The summed E-state index contributed by atoms with van der Waals surface area (Å²) in [5.41, 5.74) is 7.69. The number of nitrogens with one attached hydrogen (secondary N) is 2. The number of anilines is 1. The van der Waals surface area contributed by atoms with Crippen molar-refractivity contribution in [2.24, 2.45) is 0 Å². The lowest BCUT2D eigenvalue weighted by Crippen LogP contribution is -2.36. The topological polar surface area (TPSA) is 68.4 Å². The maximum absolute atomic E-state index is 14.5. The van der Waals surface area contributed by atoms with Gasteiger partial charge in [-0.3, -0.25) is 9.59 Å². The van der Waals surface area contributed by atoms with E-state index in [1.807, 2.05) is 63.2 Å². The quantitative estimate of drug-likeness (QED) is 0.568. The first-order chi connectivity index (χ1) is 17.7. The van der Waals surface area contributed by atoms with Gasteiger partial charge in [0.25, 0.3) is 11.8 Å². The van der Waals surface area contributed by atoms with Crippen LogP contribution in [0.5, 0.6) is 0 Å². The molecule has 3 aliphatic rings. The fourth-order valence-corrected chi connectivity index (χ4v) is 5.34. The van der Waals surface area contributed by atoms with E-state index in [2.05, 4.69) is 15.2 Å². The van der Waals surface area contributed by atoms with Crippen LogP contribution in [-0.2, 0) is 11.2 Å². The predicted molar refractivity (Wildman–Crippen MR) is 147 cm³/mol. The van der Waals surface area contributed by atoms with Gasteiger partial charge < -0.3 is 20.1 Å². The smallest absolute Gasteiger partial charge is 0.256 e. The van der Waals surface area contributed by atoms with E-state index < -0.39 is 6.17 Å². The maximum Gasteiger partial charge on any atom is 0.256 e. The SMILES string of the molecule is CC1=CC=CC(F)C=C1c1cccc2c1/C(=C/c1[nH]c3c(c1C)C(=O)N(CCN(C)C)CCC3)C(=O)N2.